The van der Waals surface area contributed by atoms with Crippen LogP contribution in [0.4, 0.5) is 0 Å². The zero-order valence-electron chi connectivity index (χ0n) is 10.3. The minimum Gasteiger partial charge on any atom is -0.507 e. The van der Waals surface area contributed by atoms with Gasteiger partial charge in [-0.1, -0.05) is 0 Å². The summed E-state index contributed by atoms with van der Waals surface area (Å²) in [5.74, 6) is -0.0684. The summed E-state index contributed by atoms with van der Waals surface area (Å²) in [4.78, 5) is 11.7. The second kappa shape index (κ2) is 7.65. The van der Waals surface area contributed by atoms with Crippen LogP contribution in [0.2, 0.25) is 0 Å². The van der Waals surface area contributed by atoms with Gasteiger partial charge in [0.15, 0.2) is 12.6 Å². The molecule has 0 aromatic heterocycles. The molecule has 6 nitrogen and oxygen atoms in total. The first-order chi connectivity index (χ1) is 8.69. The molecular formula is C12H16O6. The first kappa shape index (κ1) is 14.4. The molecule has 1 aromatic carbocycles. The molecule has 6 heteroatoms. The van der Waals surface area contributed by atoms with Gasteiger partial charge in [-0.3, -0.25) is 4.79 Å². The number of hydrogen-bond donors (Lipinski definition) is 1. The van der Waals surface area contributed by atoms with Crippen molar-refractivity contribution in [2.45, 2.75) is 0 Å². The van der Waals surface area contributed by atoms with E-state index in [2.05, 4.69) is 4.74 Å². The molecular weight excluding hydrogens is 240 g/mol. The van der Waals surface area contributed by atoms with E-state index in [1.807, 2.05) is 0 Å². The van der Waals surface area contributed by atoms with E-state index < -0.39 is 0 Å². The normalized spacial score (nSPS) is 10.3. The highest BCUT2D eigenvalue weighted by molar-refractivity contribution is 5.99. The minimum absolute atomic E-state index is 0.0293. The van der Waals surface area contributed by atoms with Gasteiger partial charge in [0.1, 0.15) is 24.9 Å². The topological polar surface area (TPSA) is 74.2 Å². The van der Waals surface area contributed by atoms with Gasteiger partial charge >= 0.3 is 0 Å². The summed E-state index contributed by atoms with van der Waals surface area (Å²) in [7, 11) is 2.95. The third-order valence-electron chi connectivity index (χ3n) is 2.05. The Bertz CT molecular complexity index is 390. The molecule has 0 fully saturated rings. The summed E-state index contributed by atoms with van der Waals surface area (Å²) < 4.78 is 19.4. The fourth-order valence-corrected chi connectivity index (χ4v) is 1.26. The lowest BCUT2D eigenvalue weighted by atomic mass is 10.1. The molecule has 0 atom stereocenters. The highest BCUT2D eigenvalue weighted by atomic mass is 16.7. The number of Topliss-reactive ketones (excluding diaryl/α,β-unsaturated/α-hetero) is 1. The van der Waals surface area contributed by atoms with E-state index in [-0.39, 0.29) is 37.3 Å². The van der Waals surface area contributed by atoms with Crippen LogP contribution in [0.5, 0.6) is 11.5 Å². The van der Waals surface area contributed by atoms with Crippen molar-refractivity contribution in [1.29, 1.82) is 0 Å². The van der Waals surface area contributed by atoms with E-state index in [0.29, 0.717) is 5.75 Å². The summed E-state index contributed by atoms with van der Waals surface area (Å²) in [6, 6.07) is 4.39. The number of ketones is 1. The van der Waals surface area contributed by atoms with Gasteiger partial charge in [0, 0.05) is 20.3 Å². The smallest absolute Gasteiger partial charge is 0.192 e. The van der Waals surface area contributed by atoms with Gasteiger partial charge in [-0.15, -0.1) is 0 Å². The molecule has 0 spiro atoms. The number of phenolic OH excluding ortho intramolecular Hbond substituents is 1. The molecule has 0 aliphatic rings. The van der Waals surface area contributed by atoms with Crippen molar-refractivity contribution in [3.63, 3.8) is 0 Å². The molecule has 0 bridgehead atoms. The van der Waals surface area contributed by atoms with Crippen molar-refractivity contribution in [2.24, 2.45) is 0 Å². The standard InChI is InChI=1S/C12H16O6/c1-15-7-17-6-12(14)10-4-3-9(5-11(10)13)18-8-16-2/h3-5,13H,6-8H2,1-2H3. The van der Waals surface area contributed by atoms with Crippen LogP contribution in [-0.4, -0.2) is 45.3 Å². The van der Waals surface area contributed by atoms with Gasteiger partial charge in [0.05, 0.1) is 5.56 Å². The molecule has 0 aliphatic carbocycles. The van der Waals surface area contributed by atoms with Crippen LogP contribution in [0.3, 0.4) is 0 Å². The Morgan fingerprint density at radius 2 is 1.94 bits per heavy atom. The van der Waals surface area contributed by atoms with Crippen LogP contribution in [0, 0.1) is 0 Å². The van der Waals surface area contributed by atoms with Crippen molar-refractivity contribution in [3.8, 4) is 11.5 Å². The largest absolute Gasteiger partial charge is 0.507 e. The summed E-state index contributed by atoms with van der Waals surface area (Å²) in [5.41, 5.74) is 0.177. The number of methoxy groups -OCH3 is 2. The van der Waals surface area contributed by atoms with E-state index in [4.69, 9.17) is 14.2 Å². The highest BCUT2D eigenvalue weighted by Gasteiger charge is 2.12. The third kappa shape index (κ3) is 4.33. The van der Waals surface area contributed by atoms with Crippen molar-refractivity contribution in [3.05, 3.63) is 23.8 Å². The molecule has 0 heterocycles. The number of carbonyl (C=O) groups is 1. The molecule has 0 unspecified atom stereocenters. The quantitative estimate of drug-likeness (QED) is 0.427. The van der Waals surface area contributed by atoms with E-state index in [1.165, 1.54) is 26.4 Å². The Labute approximate surface area is 105 Å². The lowest BCUT2D eigenvalue weighted by Crippen LogP contribution is -2.11. The second-order valence-corrected chi connectivity index (χ2v) is 3.41. The number of ether oxygens (including phenoxy) is 4. The molecule has 0 amide bonds. The van der Waals surface area contributed by atoms with E-state index >= 15 is 0 Å². The maximum atomic E-state index is 11.7. The molecule has 0 radical (unpaired) electrons. The number of carbonyl (C=O) groups excluding carboxylic acids is 1. The van der Waals surface area contributed by atoms with E-state index in [1.54, 1.807) is 6.07 Å². The van der Waals surface area contributed by atoms with Gasteiger partial charge in [-0.05, 0) is 12.1 Å². The van der Waals surface area contributed by atoms with Crippen LogP contribution in [0.25, 0.3) is 0 Å². The Balaban J connectivity index is 2.63. The van der Waals surface area contributed by atoms with Crippen LogP contribution in [0.1, 0.15) is 10.4 Å². The Morgan fingerprint density at radius 1 is 1.22 bits per heavy atom. The first-order valence-electron chi connectivity index (χ1n) is 5.23. The molecule has 1 rings (SSSR count). The number of aromatic hydroxyl groups is 1. The van der Waals surface area contributed by atoms with Crippen LogP contribution in [-0.2, 0) is 14.2 Å². The molecule has 100 valence electrons. The van der Waals surface area contributed by atoms with Gasteiger partial charge in [0.2, 0.25) is 0 Å². The second-order valence-electron chi connectivity index (χ2n) is 3.41. The summed E-state index contributed by atoms with van der Waals surface area (Å²) >= 11 is 0. The molecule has 1 aromatic rings. The maximum Gasteiger partial charge on any atom is 0.192 e. The predicted octanol–water partition coefficient (Wildman–Crippen LogP) is 1.18. The monoisotopic (exact) mass is 256 g/mol. The fraction of sp³-hybridized carbons (Fsp3) is 0.417. The third-order valence-corrected chi connectivity index (χ3v) is 2.05. The lowest BCUT2D eigenvalue weighted by molar-refractivity contribution is -0.0238. The zero-order valence-corrected chi connectivity index (χ0v) is 10.3. The molecule has 1 N–H and O–H groups in total. The maximum absolute atomic E-state index is 11.7. The lowest BCUT2D eigenvalue weighted by Gasteiger charge is -2.08. The van der Waals surface area contributed by atoms with E-state index in [0.717, 1.165) is 0 Å². The van der Waals surface area contributed by atoms with Gasteiger partial charge in [-0.2, -0.15) is 0 Å². The average Bonchev–Trinajstić information content (AvgIpc) is 2.36. The van der Waals surface area contributed by atoms with Crippen LogP contribution >= 0.6 is 0 Å². The summed E-state index contributed by atoms with van der Waals surface area (Å²) in [6.07, 6.45) is 0. The van der Waals surface area contributed by atoms with Crippen molar-refractivity contribution in [1.82, 2.24) is 0 Å². The SMILES string of the molecule is COCOCC(=O)c1ccc(OCOC)cc1O. The number of rotatable bonds is 8. The Morgan fingerprint density at radius 3 is 2.56 bits per heavy atom. The number of hydrogen-bond acceptors (Lipinski definition) is 6. The average molecular weight is 256 g/mol. The van der Waals surface area contributed by atoms with Gasteiger partial charge in [0.25, 0.3) is 0 Å². The summed E-state index contributed by atoms with van der Waals surface area (Å²) in [6.45, 7) is -0.0507. The van der Waals surface area contributed by atoms with Gasteiger partial charge < -0.3 is 24.1 Å². The zero-order chi connectivity index (χ0) is 13.4. The number of benzene rings is 1. The molecule has 0 saturated heterocycles. The summed E-state index contributed by atoms with van der Waals surface area (Å²) in [5, 5.41) is 9.69. The predicted molar refractivity (Wildman–Crippen MR) is 62.8 cm³/mol. The molecule has 0 aliphatic heterocycles. The first-order valence-corrected chi connectivity index (χ1v) is 5.23. The fourth-order valence-electron chi connectivity index (χ4n) is 1.26. The molecule has 18 heavy (non-hydrogen) atoms. The molecule has 0 saturated carbocycles. The Hall–Kier alpha value is -1.63. The number of phenols is 1. The minimum atomic E-state index is -0.331. The van der Waals surface area contributed by atoms with Gasteiger partial charge in [-0.25, -0.2) is 0 Å². The highest BCUT2D eigenvalue weighted by Crippen LogP contribution is 2.24. The van der Waals surface area contributed by atoms with Crippen molar-refractivity contribution < 1.29 is 28.8 Å². The Kier molecular flexibility index (Phi) is 6.13. The van der Waals surface area contributed by atoms with Crippen molar-refractivity contribution in [2.75, 3.05) is 34.4 Å². The van der Waals surface area contributed by atoms with E-state index in [9.17, 15) is 9.90 Å². The van der Waals surface area contributed by atoms with Crippen LogP contribution in [0.15, 0.2) is 18.2 Å². The van der Waals surface area contributed by atoms with Crippen molar-refractivity contribution >= 4 is 5.78 Å². The van der Waals surface area contributed by atoms with Crippen LogP contribution < -0.4 is 4.74 Å².